The fraction of sp³-hybridized carbons (Fsp3) is 0.348. The van der Waals surface area contributed by atoms with Crippen LogP contribution in [0.1, 0.15) is 24.5 Å². The molecule has 2 atom stereocenters. The minimum atomic E-state index is -0.120. The fourth-order valence-electron chi connectivity index (χ4n) is 4.14. The van der Waals surface area contributed by atoms with Crippen molar-refractivity contribution < 1.29 is 9.53 Å². The van der Waals surface area contributed by atoms with Gasteiger partial charge in [-0.3, -0.25) is 4.79 Å². The number of thiazole rings is 1. The summed E-state index contributed by atoms with van der Waals surface area (Å²) in [4.78, 5) is 19.2. The highest BCUT2D eigenvalue weighted by molar-refractivity contribution is 7.16. The Morgan fingerprint density at radius 1 is 1.27 bits per heavy atom. The quantitative estimate of drug-likeness (QED) is 0.506. The molecular formula is C23H24N4O2S. The van der Waals surface area contributed by atoms with Crippen LogP contribution in [0.15, 0.2) is 53.1 Å². The van der Waals surface area contributed by atoms with Gasteiger partial charge in [-0.05, 0) is 41.8 Å². The number of hydrogen-bond acceptors (Lipinski definition) is 6. The smallest absolute Gasteiger partial charge is 0.244 e. The first kappa shape index (κ1) is 19.2. The lowest BCUT2D eigenvalue weighted by molar-refractivity contribution is -0.122. The van der Waals surface area contributed by atoms with Crippen molar-refractivity contribution in [3.8, 4) is 0 Å². The number of nitrogens with one attached hydrogen (secondary N) is 1. The molecule has 1 aliphatic carbocycles. The van der Waals surface area contributed by atoms with Crippen molar-refractivity contribution in [1.82, 2.24) is 10.4 Å². The van der Waals surface area contributed by atoms with E-state index in [1.165, 1.54) is 11.3 Å². The summed E-state index contributed by atoms with van der Waals surface area (Å²) < 4.78 is 6.54. The predicted molar refractivity (Wildman–Crippen MR) is 120 cm³/mol. The van der Waals surface area contributed by atoms with Crippen LogP contribution in [0.2, 0.25) is 0 Å². The number of anilines is 1. The standard InChI is InChI=1S/C23H24N4O2S/c1-23(17-3-5-18(6-4-17)27-8-10-29-11-9-27)13-19(23)22(28)26-25-14-16-2-7-20-21(12-16)30-15-24-20/h2-7,12,14-15,19H,8-11,13H2,1H3,(H,26,28)/b25-14+. The third-order valence-corrected chi connectivity index (χ3v) is 6.99. The lowest BCUT2D eigenvalue weighted by atomic mass is 9.95. The van der Waals surface area contributed by atoms with Gasteiger partial charge in [-0.1, -0.05) is 25.1 Å². The predicted octanol–water partition coefficient (Wildman–Crippen LogP) is 3.56. The Morgan fingerprint density at radius 3 is 2.87 bits per heavy atom. The van der Waals surface area contributed by atoms with E-state index in [-0.39, 0.29) is 17.2 Å². The van der Waals surface area contributed by atoms with Gasteiger partial charge in [0.1, 0.15) is 0 Å². The van der Waals surface area contributed by atoms with Gasteiger partial charge in [0.2, 0.25) is 5.91 Å². The van der Waals surface area contributed by atoms with Gasteiger partial charge in [0.05, 0.1) is 41.1 Å². The molecular weight excluding hydrogens is 396 g/mol. The van der Waals surface area contributed by atoms with Crippen LogP contribution in [-0.4, -0.2) is 43.4 Å². The van der Waals surface area contributed by atoms with E-state index >= 15 is 0 Å². The van der Waals surface area contributed by atoms with Crippen LogP contribution >= 0.6 is 11.3 Å². The van der Waals surface area contributed by atoms with Crippen LogP contribution in [0, 0.1) is 5.92 Å². The van der Waals surface area contributed by atoms with Gasteiger partial charge < -0.3 is 9.64 Å². The zero-order valence-electron chi connectivity index (χ0n) is 16.9. The number of benzene rings is 2. The molecule has 2 aliphatic rings. The van der Waals surface area contributed by atoms with Gasteiger partial charge in [-0.15, -0.1) is 11.3 Å². The normalized spacial score (nSPS) is 23.8. The number of carbonyl (C=O) groups excluding carboxylic acids is 1. The number of fused-ring (bicyclic) bond motifs is 1. The van der Waals surface area contributed by atoms with Gasteiger partial charge in [0.25, 0.3) is 0 Å². The van der Waals surface area contributed by atoms with Crippen molar-refractivity contribution in [2.24, 2.45) is 11.0 Å². The van der Waals surface area contributed by atoms with Gasteiger partial charge in [0.15, 0.2) is 0 Å². The molecule has 30 heavy (non-hydrogen) atoms. The summed E-state index contributed by atoms with van der Waals surface area (Å²) in [7, 11) is 0. The zero-order chi connectivity index (χ0) is 20.6. The molecule has 6 nitrogen and oxygen atoms in total. The molecule has 0 radical (unpaired) electrons. The first-order valence-electron chi connectivity index (χ1n) is 10.2. The first-order chi connectivity index (χ1) is 14.6. The monoisotopic (exact) mass is 420 g/mol. The molecule has 2 unspecified atom stereocenters. The van der Waals surface area contributed by atoms with Gasteiger partial charge in [-0.2, -0.15) is 5.10 Å². The summed E-state index contributed by atoms with van der Waals surface area (Å²) in [6.45, 7) is 5.56. The lowest BCUT2D eigenvalue weighted by Crippen LogP contribution is -2.36. The minimum Gasteiger partial charge on any atom is -0.378 e. The number of hydrazone groups is 1. The van der Waals surface area contributed by atoms with E-state index in [4.69, 9.17) is 4.74 Å². The Morgan fingerprint density at radius 2 is 2.07 bits per heavy atom. The molecule has 1 saturated carbocycles. The molecule has 1 aromatic heterocycles. The highest BCUT2D eigenvalue weighted by Gasteiger charge is 2.55. The Kier molecular flexibility index (Phi) is 5.00. The molecule has 1 saturated heterocycles. The molecule has 1 N–H and O–H groups in total. The van der Waals surface area contributed by atoms with Crippen molar-refractivity contribution in [3.63, 3.8) is 0 Å². The summed E-state index contributed by atoms with van der Waals surface area (Å²) in [5.41, 5.74) is 8.78. The summed E-state index contributed by atoms with van der Waals surface area (Å²) >= 11 is 1.59. The summed E-state index contributed by atoms with van der Waals surface area (Å²) in [5, 5.41) is 4.17. The number of amides is 1. The maximum Gasteiger partial charge on any atom is 0.244 e. The maximum atomic E-state index is 12.6. The van der Waals surface area contributed by atoms with E-state index in [0.717, 1.165) is 48.5 Å². The van der Waals surface area contributed by atoms with E-state index in [9.17, 15) is 4.79 Å². The van der Waals surface area contributed by atoms with Crippen molar-refractivity contribution >= 4 is 39.4 Å². The lowest BCUT2D eigenvalue weighted by Gasteiger charge is -2.29. The second kappa shape index (κ2) is 7.81. The SMILES string of the molecule is CC1(c2ccc(N3CCOCC3)cc2)CC1C(=O)N/N=C/c1ccc2ncsc2c1. The van der Waals surface area contributed by atoms with Crippen molar-refractivity contribution in [2.45, 2.75) is 18.8 Å². The third-order valence-electron chi connectivity index (χ3n) is 6.20. The highest BCUT2D eigenvalue weighted by Crippen LogP contribution is 2.54. The summed E-state index contributed by atoms with van der Waals surface area (Å²) in [6.07, 6.45) is 2.53. The number of nitrogens with zero attached hydrogens (tertiary/aromatic N) is 3. The zero-order valence-corrected chi connectivity index (χ0v) is 17.7. The molecule has 5 rings (SSSR count). The average molecular weight is 421 g/mol. The fourth-order valence-corrected chi connectivity index (χ4v) is 4.87. The molecule has 3 aromatic rings. The molecule has 7 heteroatoms. The van der Waals surface area contributed by atoms with Crippen LogP contribution < -0.4 is 10.3 Å². The molecule has 0 spiro atoms. The summed E-state index contributed by atoms with van der Waals surface area (Å²) in [6, 6.07) is 14.6. The number of hydrogen-bond donors (Lipinski definition) is 1. The third kappa shape index (κ3) is 3.70. The van der Waals surface area contributed by atoms with E-state index in [2.05, 4.69) is 51.6 Å². The van der Waals surface area contributed by atoms with E-state index < -0.39 is 0 Å². The Labute approximate surface area is 179 Å². The van der Waals surface area contributed by atoms with Crippen LogP contribution in [0.4, 0.5) is 5.69 Å². The van der Waals surface area contributed by atoms with Crippen LogP contribution in [0.5, 0.6) is 0 Å². The molecule has 154 valence electrons. The summed E-state index contributed by atoms with van der Waals surface area (Å²) in [5.74, 6) is -0.0715. The van der Waals surface area contributed by atoms with E-state index in [1.54, 1.807) is 17.6 Å². The Balaban J connectivity index is 1.20. The molecule has 2 fully saturated rings. The van der Waals surface area contributed by atoms with Crippen molar-refractivity contribution in [2.75, 3.05) is 31.2 Å². The van der Waals surface area contributed by atoms with Crippen molar-refractivity contribution in [3.05, 3.63) is 59.1 Å². The van der Waals surface area contributed by atoms with Crippen LogP contribution in [0.3, 0.4) is 0 Å². The first-order valence-corrected chi connectivity index (χ1v) is 11.1. The topological polar surface area (TPSA) is 66.8 Å². The molecule has 2 aromatic carbocycles. The number of rotatable bonds is 5. The Hall–Kier alpha value is -2.77. The van der Waals surface area contributed by atoms with Gasteiger partial charge in [0, 0.05) is 24.2 Å². The second-order valence-corrected chi connectivity index (χ2v) is 9.02. The molecule has 1 aliphatic heterocycles. The van der Waals surface area contributed by atoms with Gasteiger partial charge in [-0.25, -0.2) is 10.4 Å². The molecule has 1 amide bonds. The number of carbonyl (C=O) groups is 1. The second-order valence-electron chi connectivity index (χ2n) is 8.13. The largest absolute Gasteiger partial charge is 0.378 e. The Bertz CT molecular complexity index is 1090. The molecule has 0 bridgehead atoms. The van der Waals surface area contributed by atoms with E-state index in [0.29, 0.717) is 0 Å². The molecule has 2 heterocycles. The van der Waals surface area contributed by atoms with Crippen LogP contribution in [-0.2, 0) is 14.9 Å². The minimum absolute atomic E-state index is 0.0233. The van der Waals surface area contributed by atoms with Gasteiger partial charge >= 0.3 is 0 Å². The van der Waals surface area contributed by atoms with Crippen molar-refractivity contribution in [1.29, 1.82) is 0 Å². The van der Waals surface area contributed by atoms with E-state index in [1.807, 2.05) is 23.7 Å². The number of aromatic nitrogens is 1. The number of morpholine rings is 1. The number of ether oxygens (including phenoxy) is 1. The average Bonchev–Trinajstić information content (AvgIpc) is 3.27. The maximum absolute atomic E-state index is 12.6. The highest BCUT2D eigenvalue weighted by atomic mass is 32.1. The van der Waals surface area contributed by atoms with Crippen LogP contribution in [0.25, 0.3) is 10.2 Å².